The molecular formula is C10H21N3O2. The topological polar surface area (TPSA) is 58.8 Å². The minimum atomic E-state index is -0.224. The zero-order valence-corrected chi connectivity index (χ0v) is 9.61. The van der Waals surface area contributed by atoms with Gasteiger partial charge in [-0.2, -0.15) is 0 Å². The van der Waals surface area contributed by atoms with E-state index in [9.17, 15) is 4.79 Å². The Hall–Kier alpha value is -0.810. The van der Waals surface area contributed by atoms with Gasteiger partial charge in [0.05, 0.1) is 6.54 Å². The van der Waals surface area contributed by atoms with Crippen LogP contribution in [0.25, 0.3) is 0 Å². The van der Waals surface area contributed by atoms with Gasteiger partial charge < -0.3 is 20.3 Å². The highest BCUT2D eigenvalue weighted by Crippen LogP contribution is 2.09. The van der Waals surface area contributed by atoms with Gasteiger partial charge in [0.1, 0.15) is 6.10 Å². The summed E-state index contributed by atoms with van der Waals surface area (Å²) < 4.78 is 5.07. The largest absolute Gasteiger partial charge is 0.443 e. The second-order valence-electron chi connectivity index (χ2n) is 3.71. The number of nitrogens with two attached hydrogens (primary N) is 1. The van der Waals surface area contributed by atoms with Crippen LogP contribution in [0.3, 0.4) is 0 Å². The maximum absolute atomic E-state index is 11.4. The second kappa shape index (κ2) is 5.92. The number of hydrogen-bond acceptors (Lipinski definition) is 4. The fourth-order valence-electron chi connectivity index (χ4n) is 1.68. The van der Waals surface area contributed by atoms with Crippen molar-refractivity contribution in [1.29, 1.82) is 0 Å². The van der Waals surface area contributed by atoms with Crippen LogP contribution in [0.1, 0.15) is 13.8 Å². The molecule has 1 unspecified atom stereocenters. The Kier molecular flexibility index (Phi) is 4.84. The Morgan fingerprint density at radius 1 is 1.53 bits per heavy atom. The number of likely N-dealkylation sites (N-methyl/N-ethyl adjacent to an activating group) is 1. The van der Waals surface area contributed by atoms with Gasteiger partial charge in [-0.25, -0.2) is 4.79 Å². The van der Waals surface area contributed by atoms with Gasteiger partial charge in [0.15, 0.2) is 0 Å². The van der Waals surface area contributed by atoms with Gasteiger partial charge in [0, 0.05) is 19.6 Å². The van der Waals surface area contributed by atoms with Crippen molar-refractivity contribution in [2.45, 2.75) is 20.0 Å². The van der Waals surface area contributed by atoms with Gasteiger partial charge in [-0.3, -0.25) is 0 Å². The minimum Gasteiger partial charge on any atom is -0.443 e. The molecule has 1 aliphatic heterocycles. The maximum atomic E-state index is 11.4. The molecule has 1 rings (SSSR count). The molecule has 0 aromatic carbocycles. The lowest BCUT2D eigenvalue weighted by Gasteiger charge is -2.21. The minimum absolute atomic E-state index is 0.116. The number of hydrogen-bond donors (Lipinski definition) is 1. The highest BCUT2D eigenvalue weighted by molar-refractivity contribution is 5.69. The molecule has 0 aromatic rings. The van der Waals surface area contributed by atoms with E-state index in [-0.39, 0.29) is 12.2 Å². The summed E-state index contributed by atoms with van der Waals surface area (Å²) in [5.74, 6) is 0. The first-order valence-corrected chi connectivity index (χ1v) is 5.59. The summed E-state index contributed by atoms with van der Waals surface area (Å²) in [7, 11) is 0. The van der Waals surface area contributed by atoms with Gasteiger partial charge in [0.25, 0.3) is 0 Å². The van der Waals surface area contributed by atoms with Crippen LogP contribution in [0, 0.1) is 0 Å². The highest BCUT2D eigenvalue weighted by atomic mass is 16.6. The monoisotopic (exact) mass is 215 g/mol. The quantitative estimate of drug-likeness (QED) is 0.683. The molecule has 1 fully saturated rings. The molecule has 0 spiro atoms. The third-order valence-electron chi connectivity index (χ3n) is 2.79. The molecule has 1 amide bonds. The number of nitrogens with zero attached hydrogens (tertiary/aromatic N) is 2. The van der Waals surface area contributed by atoms with Crippen molar-refractivity contribution in [3.63, 3.8) is 0 Å². The molecule has 0 radical (unpaired) electrons. The average Bonchev–Trinajstić information content (AvgIpc) is 2.61. The smallest absolute Gasteiger partial charge is 0.410 e. The van der Waals surface area contributed by atoms with E-state index in [1.54, 1.807) is 4.90 Å². The van der Waals surface area contributed by atoms with Gasteiger partial charge >= 0.3 is 6.09 Å². The Bertz CT molecular complexity index is 207. The van der Waals surface area contributed by atoms with Gasteiger partial charge in [-0.1, -0.05) is 13.8 Å². The molecule has 2 N–H and O–H groups in total. The lowest BCUT2D eigenvalue weighted by molar-refractivity contribution is 0.133. The van der Waals surface area contributed by atoms with E-state index < -0.39 is 0 Å². The van der Waals surface area contributed by atoms with Crippen molar-refractivity contribution < 1.29 is 9.53 Å². The third-order valence-corrected chi connectivity index (χ3v) is 2.79. The maximum Gasteiger partial charge on any atom is 0.410 e. The van der Waals surface area contributed by atoms with Crippen molar-refractivity contribution in [2.24, 2.45) is 5.73 Å². The second-order valence-corrected chi connectivity index (χ2v) is 3.71. The number of carbonyl (C=O) groups excluding carboxylic acids is 1. The summed E-state index contributed by atoms with van der Waals surface area (Å²) in [5.41, 5.74) is 5.45. The Morgan fingerprint density at radius 2 is 2.20 bits per heavy atom. The molecule has 0 bridgehead atoms. The third kappa shape index (κ3) is 3.35. The van der Waals surface area contributed by atoms with E-state index in [1.807, 2.05) is 0 Å². The molecule has 5 heteroatoms. The summed E-state index contributed by atoms with van der Waals surface area (Å²) in [6.07, 6.45) is -0.341. The van der Waals surface area contributed by atoms with Crippen molar-refractivity contribution >= 4 is 6.09 Å². The van der Waals surface area contributed by atoms with E-state index >= 15 is 0 Å². The molecule has 0 aliphatic carbocycles. The van der Waals surface area contributed by atoms with Crippen molar-refractivity contribution in [3.8, 4) is 0 Å². The molecule has 15 heavy (non-hydrogen) atoms. The van der Waals surface area contributed by atoms with Crippen molar-refractivity contribution in [3.05, 3.63) is 0 Å². The predicted octanol–water partition coefficient (Wildman–Crippen LogP) is 0.108. The van der Waals surface area contributed by atoms with E-state index in [0.29, 0.717) is 13.1 Å². The van der Waals surface area contributed by atoms with Gasteiger partial charge in [0.2, 0.25) is 0 Å². The fourth-order valence-corrected chi connectivity index (χ4v) is 1.68. The number of cyclic esters (lactones) is 1. The van der Waals surface area contributed by atoms with Crippen LogP contribution >= 0.6 is 0 Å². The van der Waals surface area contributed by atoms with Crippen LogP contribution in [0.5, 0.6) is 0 Å². The molecular weight excluding hydrogens is 194 g/mol. The lowest BCUT2D eigenvalue weighted by atomic mass is 10.3. The summed E-state index contributed by atoms with van der Waals surface area (Å²) in [4.78, 5) is 15.4. The van der Waals surface area contributed by atoms with Crippen LogP contribution in [0.2, 0.25) is 0 Å². The van der Waals surface area contributed by atoms with Crippen LogP contribution < -0.4 is 5.73 Å². The summed E-state index contributed by atoms with van der Waals surface area (Å²) >= 11 is 0. The van der Waals surface area contributed by atoms with Gasteiger partial charge in [-0.15, -0.1) is 0 Å². The van der Waals surface area contributed by atoms with E-state index in [1.165, 1.54) is 0 Å². The molecule has 1 heterocycles. The van der Waals surface area contributed by atoms with E-state index in [2.05, 4.69) is 18.7 Å². The Balaban J connectivity index is 2.30. The van der Waals surface area contributed by atoms with Crippen molar-refractivity contribution in [1.82, 2.24) is 9.80 Å². The zero-order chi connectivity index (χ0) is 11.3. The zero-order valence-electron chi connectivity index (χ0n) is 9.61. The molecule has 0 saturated carbocycles. The van der Waals surface area contributed by atoms with Crippen LogP contribution in [0.4, 0.5) is 4.79 Å². The fraction of sp³-hybridized carbons (Fsp3) is 0.900. The summed E-state index contributed by atoms with van der Waals surface area (Å²) in [6, 6.07) is 0. The lowest BCUT2D eigenvalue weighted by Crippen LogP contribution is -2.36. The summed E-state index contributed by atoms with van der Waals surface area (Å²) in [6.45, 7) is 8.95. The first kappa shape index (κ1) is 12.3. The number of rotatable bonds is 6. The Morgan fingerprint density at radius 3 is 2.67 bits per heavy atom. The van der Waals surface area contributed by atoms with E-state index in [0.717, 1.165) is 26.2 Å². The predicted molar refractivity (Wildman–Crippen MR) is 58.7 cm³/mol. The first-order valence-electron chi connectivity index (χ1n) is 5.59. The number of carbonyl (C=O) groups is 1. The summed E-state index contributed by atoms with van der Waals surface area (Å²) in [5, 5.41) is 0. The van der Waals surface area contributed by atoms with E-state index in [4.69, 9.17) is 10.5 Å². The molecule has 0 aromatic heterocycles. The standard InChI is InChI=1S/C10H21N3O2/c1-3-12(4-2)5-6-13-8-9(7-11)15-10(13)14/h9H,3-8,11H2,1-2H3. The SMILES string of the molecule is CCN(CC)CCN1CC(CN)OC1=O. The first-order chi connectivity index (χ1) is 7.21. The van der Waals surface area contributed by atoms with Crippen LogP contribution in [-0.4, -0.2) is 61.3 Å². The number of amides is 1. The van der Waals surface area contributed by atoms with Crippen LogP contribution in [-0.2, 0) is 4.74 Å². The molecule has 1 atom stereocenters. The molecule has 88 valence electrons. The van der Waals surface area contributed by atoms with Crippen LogP contribution in [0.15, 0.2) is 0 Å². The molecule has 5 nitrogen and oxygen atoms in total. The van der Waals surface area contributed by atoms with Gasteiger partial charge in [-0.05, 0) is 13.1 Å². The Labute approximate surface area is 91.2 Å². The molecule has 1 saturated heterocycles. The highest BCUT2D eigenvalue weighted by Gasteiger charge is 2.29. The number of ether oxygens (including phenoxy) is 1. The molecule has 1 aliphatic rings. The van der Waals surface area contributed by atoms with Crippen molar-refractivity contribution in [2.75, 3.05) is 39.3 Å². The average molecular weight is 215 g/mol. The normalized spacial score (nSPS) is 21.2.